The quantitative estimate of drug-likeness (QED) is 0.313. The molecule has 2 atom stereocenters. The van der Waals surface area contributed by atoms with Crippen molar-refractivity contribution in [1.82, 2.24) is 20.2 Å². The van der Waals surface area contributed by atoms with Gasteiger partial charge in [-0.3, -0.25) is 14.7 Å². The van der Waals surface area contributed by atoms with Gasteiger partial charge in [0, 0.05) is 36.9 Å². The van der Waals surface area contributed by atoms with E-state index in [0.717, 1.165) is 26.7 Å². The number of benzene rings is 1. The van der Waals surface area contributed by atoms with E-state index in [2.05, 4.69) is 10.3 Å². The number of nitrogens with two attached hydrogens (primary N) is 1. The highest BCUT2D eigenvalue weighted by atomic mass is 32.1. The molecule has 10 heteroatoms. The van der Waals surface area contributed by atoms with Crippen molar-refractivity contribution in [2.75, 3.05) is 19.9 Å². The third-order valence-electron chi connectivity index (χ3n) is 5.74. The Morgan fingerprint density at radius 3 is 2.44 bits per heavy atom. The molecule has 1 aromatic carbocycles. The van der Waals surface area contributed by atoms with Gasteiger partial charge in [0.1, 0.15) is 11.0 Å². The molecule has 0 saturated carbocycles. The molecule has 3 aromatic heterocycles. The summed E-state index contributed by atoms with van der Waals surface area (Å²) in [5.41, 5.74) is 9.30. The van der Waals surface area contributed by atoms with Crippen LogP contribution in [0, 0.1) is 0 Å². The number of hydrogen-bond acceptors (Lipinski definition) is 8. The van der Waals surface area contributed by atoms with Crippen LogP contribution in [0.1, 0.15) is 22.2 Å². The molecule has 0 bridgehead atoms. The van der Waals surface area contributed by atoms with Gasteiger partial charge in [0.25, 0.3) is 0 Å². The van der Waals surface area contributed by atoms with Crippen LogP contribution in [0.15, 0.2) is 71.7 Å². The second kappa shape index (κ2) is 11.8. The van der Waals surface area contributed by atoms with Gasteiger partial charge in [-0.25, -0.2) is 9.78 Å². The van der Waals surface area contributed by atoms with E-state index in [1.165, 1.54) is 23.3 Å². The van der Waals surface area contributed by atoms with Crippen LogP contribution in [-0.2, 0) is 22.4 Å². The number of rotatable bonds is 9. The SMILES string of the molecule is COC(=O)N(C)[C@@H](Cc1ccncc1)C(=O)N[C@@H](Cc1ccc(N)cc1)c1nc(-c2cccs2)cs1. The molecule has 8 nitrogen and oxygen atoms in total. The number of ether oxygens (including phenoxy) is 1. The third kappa shape index (κ3) is 6.27. The lowest BCUT2D eigenvalue weighted by atomic mass is 10.0. The molecule has 0 saturated heterocycles. The fourth-order valence-corrected chi connectivity index (χ4v) is 5.39. The lowest BCUT2D eigenvalue weighted by Crippen LogP contribution is -2.50. The average Bonchev–Trinajstić information content (AvgIpc) is 3.60. The van der Waals surface area contributed by atoms with Crippen LogP contribution in [0.2, 0.25) is 0 Å². The highest BCUT2D eigenvalue weighted by Gasteiger charge is 2.30. The molecule has 0 aliphatic rings. The zero-order valence-corrected chi connectivity index (χ0v) is 21.6. The van der Waals surface area contributed by atoms with E-state index in [0.29, 0.717) is 18.5 Å². The Labute approximate surface area is 217 Å². The maximum absolute atomic E-state index is 13.7. The van der Waals surface area contributed by atoms with Gasteiger partial charge in [-0.1, -0.05) is 18.2 Å². The summed E-state index contributed by atoms with van der Waals surface area (Å²) in [6.45, 7) is 0. The Kier molecular flexibility index (Phi) is 8.29. The number of likely N-dealkylation sites (N-methyl/N-ethyl adjacent to an activating group) is 1. The van der Waals surface area contributed by atoms with E-state index in [4.69, 9.17) is 15.5 Å². The second-order valence-corrected chi connectivity index (χ2v) is 10.0. The van der Waals surface area contributed by atoms with E-state index >= 15 is 0 Å². The highest BCUT2D eigenvalue weighted by Crippen LogP contribution is 2.30. The van der Waals surface area contributed by atoms with Gasteiger partial charge in [0.15, 0.2) is 0 Å². The summed E-state index contributed by atoms with van der Waals surface area (Å²) >= 11 is 3.11. The smallest absolute Gasteiger partial charge is 0.409 e. The molecule has 36 heavy (non-hydrogen) atoms. The van der Waals surface area contributed by atoms with Gasteiger partial charge in [-0.2, -0.15) is 0 Å². The van der Waals surface area contributed by atoms with E-state index in [1.54, 1.807) is 30.8 Å². The number of nitrogen functional groups attached to an aromatic ring is 1. The van der Waals surface area contributed by atoms with Gasteiger partial charge >= 0.3 is 6.09 Å². The molecule has 186 valence electrons. The Balaban J connectivity index is 1.62. The summed E-state index contributed by atoms with van der Waals surface area (Å²) in [4.78, 5) is 37.3. The van der Waals surface area contributed by atoms with Crippen molar-refractivity contribution < 1.29 is 14.3 Å². The lowest BCUT2D eigenvalue weighted by molar-refractivity contribution is -0.126. The first-order valence-corrected chi connectivity index (χ1v) is 13.0. The largest absolute Gasteiger partial charge is 0.453 e. The Morgan fingerprint density at radius 1 is 1.06 bits per heavy atom. The number of nitrogens with one attached hydrogen (secondary N) is 1. The summed E-state index contributed by atoms with van der Waals surface area (Å²) in [6, 6.07) is 14.0. The maximum Gasteiger partial charge on any atom is 0.409 e. The molecule has 3 heterocycles. The van der Waals surface area contributed by atoms with Crippen LogP contribution < -0.4 is 11.1 Å². The monoisotopic (exact) mass is 521 g/mol. The zero-order valence-electron chi connectivity index (χ0n) is 20.0. The molecular weight excluding hydrogens is 494 g/mol. The fraction of sp³-hybridized carbons (Fsp3) is 0.231. The van der Waals surface area contributed by atoms with Crippen molar-refractivity contribution in [2.24, 2.45) is 0 Å². The molecule has 4 aromatic rings. The van der Waals surface area contributed by atoms with Crippen molar-refractivity contribution in [1.29, 1.82) is 0 Å². The van der Waals surface area contributed by atoms with Crippen molar-refractivity contribution >= 4 is 40.4 Å². The van der Waals surface area contributed by atoms with Crippen LogP contribution in [0.25, 0.3) is 10.6 Å². The van der Waals surface area contributed by atoms with Crippen molar-refractivity contribution in [3.63, 3.8) is 0 Å². The first kappa shape index (κ1) is 25.3. The number of anilines is 1. The number of thiophene rings is 1. The minimum atomic E-state index is -0.787. The van der Waals surface area contributed by atoms with Gasteiger partial charge in [-0.15, -0.1) is 22.7 Å². The van der Waals surface area contributed by atoms with Crippen LogP contribution in [0.4, 0.5) is 10.5 Å². The Hall–Kier alpha value is -3.76. The van der Waals surface area contributed by atoms with Gasteiger partial charge < -0.3 is 15.8 Å². The summed E-state index contributed by atoms with van der Waals surface area (Å²) < 4.78 is 4.90. The number of amides is 2. The minimum Gasteiger partial charge on any atom is -0.453 e. The molecule has 0 unspecified atom stereocenters. The second-order valence-electron chi connectivity index (χ2n) is 8.21. The number of carbonyl (C=O) groups is 2. The standard InChI is InChI=1S/C26H27N5O3S2/c1-31(26(33)34-2)22(15-18-9-11-28-12-10-18)24(32)29-20(14-17-5-7-19(27)8-6-17)25-30-21(16-36-25)23-4-3-13-35-23/h3-13,16,20,22H,14-15,27H2,1-2H3,(H,29,32)/t20-,22-/m0/s1. The molecule has 3 N–H and O–H groups in total. The van der Waals surface area contributed by atoms with E-state index in [-0.39, 0.29) is 5.91 Å². The van der Waals surface area contributed by atoms with Gasteiger partial charge in [0.2, 0.25) is 5.91 Å². The number of hydrogen-bond donors (Lipinski definition) is 2. The summed E-state index contributed by atoms with van der Waals surface area (Å²) in [5, 5.41) is 7.94. The first-order valence-electron chi connectivity index (χ1n) is 11.3. The van der Waals surface area contributed by atoms with Crippen molar-refractivity contribution in [2.45, 2.75) is 24.9 Å². The number of aromatic nitrogens is 2. The topological polar surface area (TPSA) is 110 Å². The molecule has 0 spiro atoms. The maximum atomic E-state index is 13.7. The first-order chi connectivity index (χ1) is 17.4. The number of carbonyl (C=O) groups excluding carboxylic acids is 2. The van der Waals surface area contributed by atoms with Crippen LogP contribution in [0.3, 0.4) is 0 Å². The molecule has 4 rings (SSSR count). The zero-order chi connectivity index (χ0) is 25.5. The molecule has 0 aliphatic heterocycles. The number of methoxy groups -OCH3 is 1. The molecular formula is C26H27N5O3S2. The average molecular weight is 522 g/mol. The molecule has 0 radical (unpaired) electrons. The van der Waals surface area contributed by atoms with Crippen LogP contribution >= 0.6 is 22.7 Å². The van der Waals surface area contributed by atoms with Crippen LogP contribution in [0.5, 0.6) is 0 Å². The number of pyridine rings is 1. The van der Waals surface area contributed by atoms with E-state index < -0.39 is 18.2 Å². The normalized spacial score (nSPS) is 12.5. The molecule has 0 fully saturated rings. The van der Waals surface area contributed by atoms with Crippen LogP contribution in [-0.4, -0.2) is 47.1 Å². The van der Waals surface area contributed by atoms with Gasteiger partial charge in [0.05, 0.1) is 23.7 Å². The molecule has 2 amide bonds. The minimum absolute atomic E-state index is 0.298. The van der Waals surface area contributed by atoms with E-state index in [1.807, 2.05) is 59.3 Å². The van der Waals surface area contributed by atoms with Crippen molar-refractivity contribution in [3.8, 4) is 10.6 Å². The van der Waals surface area contributed by atoms with Crippen molar-refractivity contribution in [3.05, 3.63) is 87.8 Å². The highest BCUT2D eigenvalue weighted by molar-refractivity contribution is 7.14. The summed E-state index contributed by atoms with van der Waals surface area (Å²) in [6.07, 6.45) is 3.57. The third-order valence-corrected chi connectivity index (χ3v) is 7.59. The number of thiazole rings is 1. The Morgan fingerprint density at radius 2 is 1.78 bits per heavy atom. The summed E-state index contributed by atoms with van der Waals surface area (Å²) in [5.74, 6) is -0.298. The fourth-order valence-electron chi connectivity index (χ4n) is 3.76. The predicted octanol–water partition coefficient (Wildman–Crippen LogP) is 4.56. The number of nitrogens with zero attached hydrogens (tertiary/aromatic N) is 3. The predicted molar refractivity (Wildman–Crippen MR) is 143 cm³/mol. The van der Waals surface area contributed by atoms with Gasteiger partial charge in [-0.05, 0) is 53.3 Å². The lowest BCUT2D eigenvalue weighted by Gasteiger charge is -2.28. The summed E-state index contributed by atoms with van der Waals surface area (Å²) in [7, 11) is 2.86. The van der Waals surface area contributed by atoms with E-state index in [9.17, 15) is 9.59 Å². The molecule has 0 aliphatic carbocycles. The Bertz CT molecular complexity index is 1280.